The van der Waals surface area contributed by atoms with Gasteiger partial charge < -0.3 is 14.2 Å². The van der Waals surface area contributed by atoms with Crippen molar-refractivity contribution in [2.24, 2.45) is 0 Å². The van der Waals surface area contributed by atoms with E-state index in [-0.39, 0.29) is 31.1 Å². The number of carbonyl (C=O) groups excluding carboxylic acids is 3. The van der Waals surface area contributed by atoms with Gasteiger partial charge in [-0.2, -0.15) is 0 Å². The van der Waals surface area contributed by atoms with Crippen molar-refractivity contribution in [2.45, 2.75) is 419 Å². The van der Waals surface area contributed by atoms with Crippen LogP contribution in [0, 0.1) is 0 Å². The van der Waals surface area contributed by atoms with E-state index in [0.29, 0.717) is 19.3 Å². The highest BCUT2D eigenvalue weighted by molar-refractivity contribution is 5.71. The van der Waals surface area contributed by atoms with Crippen molar-refractivity contribution in [1.29, 1.82) is 0 Å². The van der Waals surface area contributed by atoms with E-state index in [1.54, 1.807) is 0 Å². The van der Waals surface area contributed by atoms with Crippen LogP contribution in [0.15, 0.2) is 36.5 Å². The van der Waals surface area contributed by atoms with Crippen LogP contribution in [-0.2, 0) is 28.6 Å². The van der Waals surface area contributed by atoms with Crippen LogP contribution in [0.4, 0.5) is 0 Å². The monoisotopic (exact) mass is 1150 g/mol. The summed E-state index contributed by atoms with van der Waals surface area (Å²) in [7, 11) is 0. The Labute approximate surface area is 512 Å². The molecule has 0 saturated heterocycles. The zero-order valence-electron chi connectivity index (χ0n) is 55.5. The van der Waals surface area contributed by atoms with Crippen molar-refractivity contribution in [3.63, 3.8) is 0 Å². The molecule has 0 aromatic carbocycles. The highest BCUT2D eigenvalue weighted by Crippen LogP contribution is 2.19. The van der Waals surface area contributed by atoms with Gasteiger partial charge in [-0.1, -0.05) is 372 Å². The summed E-state index contributed by atoms with van der Waals surface area (Å²) in [5.74, 6) is -0.833. The van der Waals surface area contributed by atoms with Gasteiger partial charge in [0.15, 0.2) is 6.10 Å². The molecule has 0 aromatic rings. The van der Waals surface area contributed by atoms with E-state index in [1.165, 1.54) is 302 Å². The summed E-state index contributed by atoms with van der Waals surface area (Å²) in [5, 5.41) is 0. The number of ether oxygens (including phenoxy) is 3. The fourth-order valence-electron chi connectivity index (χ4n) is 11.3. The van der Waals surface area contributed by atoms with E-state index in [2.05, 4.69) is 57.2 Å². The largest absolute Gasteiger partial charge is 0.462 e. The van der Waals surface area contributed by atoms with Crippen LogP contribution in [0.5, 0.6) is 0 Å². The number of esters is 3. The number of hydrogen-bond donors (Lipinski definition) is 0. The molecule has 0 spiro atoms. The Hall–Kier alpha value is -2.37. The fourth-order valence-corrected chi connectivity index (χ4v) is 11.3. The molecule has 6 nitrogen and oxygen atoms in total. The Morgan fingerprint density at radius 2 is 0.439 bits per heavy atom. The second-order valence-corrected chi connectivity index (χ2v) is 25.2. The first kappa shape index (κ1) is 79.6. The second-order valence-electron chi connectivity index (χ2n) is 25.2. The zero-order valence-corrected chi connectivity index (χ0v) is 55.5. The molecule has 0 fully saturated rings. The lowest BCUT2D eigenvalue weighted by atomic mass is 10.0. The SMILES string of the molecule is CCCCCCC/C=C\C/C=C\C/C=C\CCCCCCCCCCCCCCCCC(=O)OCC(COC(=O)CCCCCCCCCCCCCC)OC(=O)CCCCCCCCCCCCCCCCCCCCCCCCC. The van der Waals surface area contributed by atoms with Crippen LogP contribution >= 0.6 is 0 Å². The third-order valence-electron chi connectivity index (χ3n) is 16.9. The fraction of sp³-hybridized carbons (Fsp3) is 0.882. The Morgan fingerprint density at radius 3 is 0.683 bits per heavy atom. The summed E-state index contributed by atoms with van der Waals surface area (Å²) in [5.41, 5.74) is 0. The summed E-state index contributed by atoms with van der Waals surface area (Å²) in [6.45, 7) is 6.71. The van der Waals surface area contributed by atoms with E-state index in [0.717, 1.165) is 70.6 Å². The molecule has 0 aromatic heterocycles. The molecule has 0 saturated carbocycles. The van der Waals surface area contributed by atoms with Gasteiger partial charge in [0.2, 0.25) is 0 Å². The molecule has 0 radical (unpaired) electrons. The van der Waals surface area contributed by atoms with Crippen molar-refractivity contribution < 1.29 is 28.6 Å². The lowest BCUT2D eigenvalue weighted by Gasteiger charge is -2.18. The van der Waals surface area contributed by atoms with Gasteiger partial charge in [-0.05, 0) is 57.8 Å². The van der Waals surface area contributed by atoms with Gasteiger partial charge in [0, 0.05) is 19.3 Å². The first-order chi connectivity index (χ1) is 40.5. The van der Waals surface area contributed by atoms with Gasteiger partial charge in [-0.15, -0.1) is 0 Å². The maximum absolute atomic E-state index is 13.0. The summed E-state index contributed by atoms with van der Waals surface area (Å²) < 4.78 is 17.0. The number of hydrogen-bond acceptors (Lipinski definition) is 6. The molecule has 0 amide bonds. The molecule has 6 heteroatoms. The smallest absolute Gasteiger partial charge is 0.306 e. The minimum atomic E-state index is -0.769. The van der Waals surface area contributed by atoms with Crippen molar-refractivity contribution >= 4 is 17.9 Å². The van der Waals surface area contributed by atoms with Crippen LogP contribution in [0.25, 0.3) is 0 Å². The van der Waals surface area contributed by atoms with Gasteiger partial charge in [0.05, 0.1) is 0 Å². The van der Waals surface area contributed by atoms with E-state index < -0.39 is 6.10 Å². The standard InChI is InChI=1S/C76H142O6/c1-4-7-10-13-16-19-22-25-27-29-31-33-35-36-37-38-39-40-42-43-45-47-49-51-54-57-60-63-66-69-75(78)81-72-73(71-80-74(77)68-65-62-59-56-53-24-21-18-15-12-9-6-3)82-76(79)70-67-64-61-58-55-52-50-48-46-44-41-34-32-30-28-26-23-20-17-14-11-8-5-2/h22,25,29,31,35-36,73H,4-21,23-24,26-28,30,32-34,37-72H2,1-3H3/b25-22-,31-29-,36-35-. The minimum absolute atomic E-state index is 0.0651. The highest BCUT2D eigenvalue weighted by Gasteiger charge is 2.20. The minimum Gasteiger partial charge on any atom is -0.462 e. The van der Waals surface area contributed by atoms with Gasteiger partial charge >= 0.3 is 17.9 Å². The normalized spacial score (nSPS) is 12.2. The number of allylic oxidation sites excluding steroid dienone is 6. The molecule has 0 N–H and O–H groups in total. The molecule has 1 atom stereocenters. The predicted molar refractivity (Wildman–Crippen MR) is 358 cm³/mol. The Balaban J connectivity index is 4.17. The topological polar surface area (TPSA) is 78.9 Å². The molecule has 1 unspecified atom stereocenters. The molecule has 0 heterocycles. The van der Waals surface area contributed by atoms with Gasteiger partial charge in [-0.3, -0.25) is 14.4 Å². The van der Waals surface area contributed by atoms with Crippen molar-refractivity contribution in [1.82, 2.24) is 0 Å². The van der Waals surface area contributed by atoms with Crippen molar-refractivity contribution in [3.05, 3.63) is 36.5 Å². The third-order valence-corrected chi connectivity index (χ3v) is 16.9. The molecule has 0 aliphatic carbocycles. The molecule has 0 rings (SSSR count). The molecular weight excluding hydrogens is 1010 g/mol. The van der Waals surface area contributed by atoms with Crippen LogP contribution in [0.1, 0.15) is 412 Å². The van der Waals surface area contributed by atoms with E-state index in [1.807, 2.05) is 0 Å². The molecule has 0 aliphatic heterocycles. The van der Waals surface area contributed by atoms with Gasteiger partial charge in [0.1, 0.15) is 13.2 Å². The summed E-state index contributed by atoms with van der Waals surface area (Å²) in [6.07, 6.45) is 89.0. The molecule has 0 bridgehead atoms. The molecule has 82 heavy (non-hydrogen) atoms. The van der Waals surface area contributed by atoms with Gasteiger partial charge in [-0.25, -0.2) is 0 Å². The average molecular weight is 1150 g/mol. The van der Waals surface area contributed by atoms with E-state index in [9.17, 15) is 14.4 Å². The maximum atomic E-state index is 13.0. The first-order valence-corrected chi connectivity index (χ1v) is 37.0. The summed E-state index contributed by atoms with van der Waals surface area (Å²) in [6, 6.07) is 0. The van der Waals surface area contributed by atoms with E-state index in [4.69, 9.17) is 14.2 Å². The Morgan fingerprint density at radius 1 is 0.244 bits per heavy atom. The van der Waals surface area contributed by atoms with Crippen LogP contribution in [-0.4, -0.2) is 37.2 Å². The number of carbonyl (C=O) groups is 3. The highest BCUT2D eigenvalue weighted by atomic mass is 16.6. The van der Waals surface area contributed by atoms with Crippen LogP contribution in [0.2, 0.25) is 0 Å². The quantitative estimate of drug-likeness (QED) is 0.0261. The van der Waals surface area contributed by atoms with Crippen LogP contribution in [0.3, 0.4) is 0 Å². The zero-order chi connectivity index (χ0) is 59.2. The Bertz CT molecular complexity index is 1370. The van der Waals surface area contributed by atoms with Crippen molar-refractivity contribution in [2.75, 3.05) is 13.2 Å². The first-order valence-electron chi connectivity index (χ1n) is 37.0. The second kappa shape index (κ2) is 71.1. The number of unbranched alkanes of at least 4 members (excludes halogenated alkanes) is 52. The summed E-state index contributed by atoms with van der Waals surface area (Å²) >= 11 is 0. The average Bonchev–Trinajstić information content (AvgIpc) is 3.47. The predicted octanol–water partition coefficient (Wildman–Crippen LogP) is 25.5. The lowest BCUT2D eigenvalue weighted by molar-refractivity contribution is -0.167. The number of rotatable bonds is 69. The van der Waals surface area contributed by atoms with Crippen LogP contribution < -0.4 is 0 Å². The van der Waals surface area contributed by atoms with Gasteiger partial charge in [0.25, 0.3) is 0 Å². The Kier molecular flexibility index (Phi) is 69.1. The molecular formula is C76H142O6. The summed E-state index contributed by atoms with van der Waals surface area (Å²) in [4.78, 5) is 38.4. The molecule has 0 aliphatic rings. The molecule has 482 valence electrons. The maximum Gasteiger partial charge on any atom is 0.306 e. The van der Waals surface area contributed by atoms with Crippen molar-refractivity contribution in [3.8, 4) is 0 Å². The lowest BCUT2D eigenvalue weighted by Crippen LogP contribution is -2.30. The third kappa shape index (κ3) is 68.4. The van der Waals surface area contributed by atoms with E-state index >= 15 is 0 Å².